The molecule has 4 N–H and O–H groups in total. The van der Waals surface area contributed by atoms with Gasteiger partial charge in [0.05, 0.1) is 18.7 Å². The second-order valence-electron chi connectivity index (χ2n) is 4.14. The van der Waals surface area contributed by atoms with Crippen LogP contribution < -0.4 is 11.1 Å². The fourth-order valence-electron chi connectivity index (χ4n) is 1.47. The van der Waals surface area contributed by atoms with Crippen molar-refractivity contribution in [2.45, 2.75) is 51.6 Å². The van der Waals surface area contributed by atoms with Crippen molar-refractivity contribution in [1.82, 2.24) is 5.32 Å². The van der Waals surface area contributed by atoms with Crippen LogP contribution in [0, 0.1) is 0 Å². The molecule has 0 rings (SSSR count). The van der Waals surface area contributed by atoms with Gasteiger partial charge in [-0.15, -0.1) is 0 Å². The number of carboxylic acid groups (broad SMARTS) is 1. The zero-order valence-corrected chi connectivity index (χ0v) is 12.2. The number of aliphatic carboxylic acids is 1. The smallest absolute Gasteiger partial charge is 0.303 e. The highest BCUT2D eigenvalue weighted by Crippen LogP contribution is 2.03. The SMILES string of the molecule is CCCC(NC(=O)[C@@H](N)CCC(=O)O)C(=S)OCC. The number of rotatable bonds is 9. The maximum Gasteiger partial charge on any atom is 0.303 e. The van der Waals surface area contributed by atoms with Crippen LogP contribution in [0.15, 0.2) is 0 Å². The molecular formula is C12H22N2O4S. The topological polar surface area (TPSA) is 102 Å². The largest absolute Gasteiger partial charge is 0.485 e. The Balaban J connectivity index is 4.36. The molecule has 0 saturated heterocycles. The summed E-state index contributed by atoms with van der Waals surface area (Å²) < 4.78 is 5.22. The average molecular weight is 290 g/mol. The van der Waals surface area contributed by atoms with E-state index >= 15 is 0 Å². The number of hydrogen-bond donors (Lipinski definition) is 3. The molecular weight excluding hydrogens is 268 g/mol. The van der Waals surface area contributed by atoms with E-state index in [1.54, 1.807) is 0 Å². The van der Waals surface area contributed by atoms with Crippen LogP contribution in [0.1, 0.15) is 39.5 Å². The minimum Gasteiger partial charge on any atom is -0.485 e. The molecule has 0 aliphatic heterocycles. The summed E-state index contributed by atoms with van der Waals surface area (Å²) in [7, 11) is 0. The first-order chi connectivity index (χ1) is 8.92. The van der Waals surface area contributed by atoms with Crippen molar-refractivity contribution in [2.75, 3.05) is 6.61 Å². The van der Waals surface area contributed by atoms with Crippen LogP contribution in [-0.2, 0) is 14.3 Å². The van der Waals surface area contributed by atoms with Crippen LogP contribution >= 0.6 is 12.2 Å². The summed E-state index contributed by atoms with van der Waals surface area (Å²) in [5, 5.41) is 11.6. The van der Waals surface area contributed by atoms with E-state index in [0.29, 0.717) is 18.1 Å². The van der Waals surface area contributed by atoms with Crippen LogP contribution in [0.5, 0.6) is 0 Å². The van der Waals surface area contributed by atoms with E-state index in [2.05, 4.69) is 5.32 Å². The Hall–Kier alpha value is -1.21. The first-order valence-corrected chi connectivity index (χ1v) is 6.77. The number of carbonyl (C=O) groups excluding carboxylic acids is 1. The highest BCUT2D eigenvalue weighted by molar-refractivity contribution is 7.80. The van der Waals surface area contributed by atoms with Gasteiger partial charge >= 0.3 is 5.97 Å². The number of carboxylic acids is 1. The lowest BCUT2D eigenvalue weighted by Gasteiger charge is -2.21. The number of hydrogen-bond acceptors (Lipinski definition) is 5. The fourth-order valence-corrected chi connectivity index (χ4v) is 1.76. The van der Waals surface area contributed by atoms with Crippen LogP contribution in [0.25, 0.3) is 0 Å². The Morgan fingerprint density at radius 1 is 1.37 bits per heavy atom. The molecule has 0 aromatic heterocycles. The van der Waals surface area contributed by atoms with Gasteiger partial charge in [-0.1, -0.05) is 13.3 Å². The molecule has 110 valence electrons. The van der Waals surface area contributed by atoms with Gasteiger partial charge in [-0.05, 0) is 32.0 Å². The van der Waals surface area contributed by atoms with E-state index in [1.165, 1.54) is 0 Å². The number of nitrogens with two attached hydrogens (primary N) is 1. The number of thiocarbonyl (C=S) groups is 1. The van der Waals surface area contributed by atoms with Crippen molar-refractivity contribution >= 4 is 29.1 Å². The van der Waals surface area contributed by atoms with Gasteiger partial charge in [0.2, 0.25) is 5.91 Å². The number of ether oxygens (including phenoxy) is 1. The van der Waals surface area contributed by atoms with E-state index in [-0.39, 0.29) is 18.9 Å². The third kappa shape index (κ3) is 7.74. The highest BCUT2D eigenvalue weighted by Gasteiger charge is 2.21. The van der Waals surface area contributed by atoms with Gasteiger partial charge in [-0.3, -0.25) is 9.59 Å². The summed E-state index contributed by atoms with van der Waals surface area (Å²) in [6.07, 6.45) is 1.46. The summed E-state index contributed by atoms with van der Waals surface area (Å²) in [5.74, 6) is -1.38. The Kier molecular flexibility index (Phi) is 9.07. The van der Waals surface area contributed by atoms with Crippen molar-refractivity contribution in [2.24, 2.45) is 5.73 Å². The van der Waals surface area contributed by atoms with Gasteiger partial charge in [-0.25, -0.2) is 0 Å². The molecule has 19 heavy (non-hydrogen) atoms. The molecule has 0 radical (unpaired) electrons. The summed E-state index contributed by atoms with van der Waals surface area (Å²) in [5.41, 5.74) is 5.62. The fraction of sp³-hybridized carbons (Fsp3) is 0.750. The standard InChI is InChI=1S/C12H22N2O4S/c1-3-5-9(12(19)18-4-2)14-11(17)8(13)6-7-10(15)16/h8-9H,3-7,13H2,1-2H3,(H,14,17)(H,15,16)/t8-,9?/m0/s1. The van der Waals surface area contributed by atoms with Crippen LogP contribution in [0.3, 0.4) is 0 Å². The first-order valence-electron chi connectivity index (χ1n) is 6.36. The molecule has 7 heteroatoms. The Morgan fingerprint density at radius 3 is 2.47 bits per heavy atom. The second-order valence-corrected chi connectivity index (χ2v) is 4.54. The van der Waals surface area contributed by atoms with Crippen molar-refractivity contribution in [1.29, 1.82) is 0 Å². The molecule has 0 aliphatic rings. The number of amides is 1. The lowest BCUT2D eigenvalue weighted by Crippen LogP contribution is -2.48. The van der Waals surface area contributed by atoms with Crippen molar-refractivity contribution in [3.63, 3.8) is 0 Å². The molecule has 0 heterocycles. The lowest BCUT2D eigenvalue weighted by atomic mass is 10.1. The minimum absolute atomic E-state index is 0.0986. The van der Waals surface area contributed by atoms with Crippen LogP contribution in [0.2, 0.25) is 0 Å². The predicted molar refractivity (Wildman–Crippen MR) is 75.9 cm³/mol. The lowest BCUT2D eigenvalue weighted by molar-refractivity contribution is -0.137. The molecule has 1 unspecified atom stereocenters. The van der Waals surface area contributed by atoms with Gasteiger partial charge in [0.1, 0.15) is 0 Å². The molecule has 6 nitrogen and oxygen atoms in total. The Labute approximate surface area is 118 Å². The van der Waals surface area contributed by atoms with Gasteiger partial charge in [-0.2, -0.15) is 0 Å². The van der Waals surface area contributed by atoms with Crippen LogP contribution in [-0.4, -0.2) is 40.7 Å². The normalized spacial score (nSPS) is 13.4. The van der Waals surface area contributed by atoms with Crippen molar-refractivity contribution in [3.05, 3.63) is 0 Å². The van der Waals surface area contributed by atoms with Gasteiger partial charge in [0.15, 0.2) is 5.05 Å². The molecule has 0 fully saturated rings. The average Bonchev–Trinajstić information content (AvgIpc) is 2.35. The molecule has 1 amide bonds. The van der Waals surface area contributed by atoms with Gasteiger partial charge < -0.3 is 20.9 Å². The quantitative estimate of drug-likeness (QED) is 0.544. The van der Waals surface area contributed by atoms with Crippen LogP contribution in [0.4, 0.5) is 0 Å². The first kappa shape index (κ1) is 17.8. The minimum atomic E-state index is -0.974. The van der Waals surface area contributed by atoms with Crippen molar-refractivity contribution in [3.8, 4) is 0 Å². The highest BCUT2D eigenvalue weighted by atomic mass is 32.1. The zero-order valence-electron chi connectivity index (χ0n) is 11.3. The van der Waals surface area contributed by atoms with E-state index in [4.69, 9.17) is 27.8 Å². The summed E-state index contributed by atoms with van der Waals surface area (Å²) in [6, 6.07) is -1.21. The van der Waals surface area contributed by atoms with E-state index < -0.39 is 17.9 Å². The molecule has 0 spiro atoms. The third-order valence-electron chi connectivity index (χ3n) is 2.47. The van der Waals surface area contributed by atoms with E-state index in [9.17, 15) is 9.59 Å². The molecule has 0 bridgehead atoms. The molecule has 2 atom stereocenters. The molecule has 0 aromatic rings. The number of carbonyl (C=O) groups is 2. The summed E-state index contributed by atoms with van der Waals surface area (Å²) in [4.78, 5) is 22.2. The Bertz CT molecular complexity index is 323. The maximum absolute atomic E-state index is 11.8. The van der Waals surface area contributed by atoms with Gasteiger partial charge in [0.25, 0.3) is 0 Å². The summed E-state index contributed by atoms with van der Waals surface area (Å²) in [6.45, 7) is 4.23. The molecule has 0 saturated carbocycles. The molecule has 0 aliphatic carbocycles. The van der Waals surface area contributed by atoms with E-state index in [1.807, 2.05) is 13.8 Å². The number of nitrogens with one attached hydrogen (secondary N) is 1. The zero-order chi connectivity index (χ0) is 14.8. The predicted octanol–water partition coefficient (Wildman–Crippen LogP) is 0.827. The monoisotopic (exact) mass is 290 g/mol. The third-order valence-corrected chi connectivity index (χ3v) is 2.87. The van der Waals surface area contributed by atoms with Gasteiger partial charge in [0, 0.05) is 6.42 Å². The summed E-state index contributed by atoms with van der Waals surface area (Å²) >= 11 is 5.08. The van der Waals surface area contributed by atoms with E-state index in [0.717, 1.165) is 6.42 Å². The molecule has 0 aromatic carbocycles. The Morgan fingerprint density at radius 2 is 2.00 bits per heavy atom. The maximum atomic E-state index is 11.8. The van der Waals surface area contributed by atoms with Crippen molar-refractivity contribution < 1.29 is 19.4 Å². The second kappa shape index (κ2) is 9.69.